The number of aryl methyl sites for hydroxylation is 1. The van der Waals surface area contributed by atoms with Crippen molar-refractivity contribution in [2.45, 2.75) is 6.92 Å². The van der Waals surface area contributed by atoms with Crippen LogP contribution in [0.4, 0.5) is 5.69 Å². The highest BCUT2D eigenvalue weighted by atomic mass is 35.5. The molecule has 120 valence electrons. The average Bonchev–Trinajstić information content (AvgIpc) is 2.52. The number of carbonyl (C=O) groups excluding carboxylic acids is 1. The number of hydrogen-bond donors (Lipinski definition) is 0. The van der Waals surface area contributed by atoms with Crippen LogP contribution in [0.25, 0.3) is 0 Å². The van der Waals surface area contributed by atoms with Crippen molar-refractivity contribution in [3.05, 3.63) is 68.7 Å². The van der Waals surface area contributed by atoms with Crippen LogP contribution in [-0.2, 0) is 4.74 Å². The van der Waals surface area contributed by atoms with Gasteiger partial charge in [0.05, 0.1) is 4.92 Å². The van der Waals surface area contributed by atoms with Gasteiger partial charge in [-0.25, -0.2) is 4.79 Å². The predicted molar refractivity (Wildman–Crippen MR) is 85.1 cm³/mol. The lowest BCUT2D eigenvalue weighted by Crippen LogP contribution is -2.14. The lowest BCUT2D eigenvalue weighted by Gasteiger charge is -2.09. The number of hydrogen-bond acceptors (Lipinski definition) is 5. The molecule has 0 bridgehead atoms. The molecule has 0 unspecified atom stereocenters. The maximum Gasteiger partial charge on any atom is 0.345 e. The lowest BCUT2D eigenvalue weighted by molar-refractivity contribution is -0.385. The second-order valence-corrected chi connectivity index (χ2v) is 5.10. The van der Waals surface area contributed by atoms with Gasteiger partial charge in [-0.2, -0.15) is 0 Å². The molecular weight excluding hydrogens is 322 g/mol. The molecule has 23 heavy (non-hydrogen) atoms. The molecule has 2 aromatic carbocycles. The van der Waals surface area contributed by atoms with Crippen LogP contribution in [0.2, 0.25) is 5.02 Å². The number of rotatable bonds is 6. The summed E-state index contributed by atoms with van der Waals surface area (Å²) in [5.41, 5.74) is 0.432. The van der Waals surface area contributed by atoms with Gasteiger partial charge in [-0.1, -0.05) is 29.8 Å². The van der Waals surface area contributed by atoms with Gasteiger partial charge in [0, 0.05) is 11.1 Å². The topological polar surface area (TPSA) is 78.7 Å². The van der Waals surface area contributed by atoms with E-state index in [0.717, 1.165) is 5.56 Å². The number of nitro benzene ring substituents is 1. The van der Waals surface area contributed by atoms with Gasteiger partial charge in [0.25, 0.3) is 5.69 Å². The predicted octanol–water partition coefficient (Wildman–Crippen LogP) is 3.79. The van der Waals surface area contributed by atoms with E-state index in [1.807, 2.05) is 25.1 Å². The summed E-state index contributed by atoms with van der Waals surface area (Å²) in [6.07, 6.45) is 0. The molecule has 0 saturated heterocycles. The first-order chi connectivity index (χ1) is 11.0. The van der Waals surface area contributed by atoms with E-state index in [4.69, 9.17) is 21.1 Å². The average molecular weight is 336 g/mol. The van der Waals surface area contributed by atoms with E-state index in [2.05, 4.69) is 0 Å². The fourth-order valence-electron chi connectivity index (χ4n) is 1.91. The SMILES string of the molecule is Cc1ccccc1OCCOC(=O)c1cc(Cl)ccc1[N+](=O)[O-]. The van der Waals surface area contributed by atoms with Gasteiger partial charge >= 0.3 is 5.97 Å². The summed E-state index contributed by atoms with van der Waals surface area (Å²) < 4.78 is 10.5. The molecule has 0 saturated carbocycles. The number of ether oxygens (including phenoxy) is 2. The minimum Gasteiger partial charge on any atom is -0.490 e. The van der Waals surface area contributed by atoms with Crippen LogP contribution in [0.5, 0.6) is 5.75 Å². The van der Waals surface area contributed by atoms with Gasteiger partial charge in [-0.3, -0.25) is 10.1 Å². The molecular formula is C16H14ClNO5. The highest BCUT2D eigenvalue weighted by Crippen LogP contribution is 2.23. The minimum atomic E-state index is -0.812. The van der Waals surface area contributed by atoms with Crippen LogP contribution >= 0.6 is 11.6 Å². The third-order valence-electron chi connectivity index (χ3n) is 3.04. The summed E-state index contributed by atoms with van der Waals surface area (Å²) in [5, 5.41) is 11.1. The molecule has 0 radical (unpaired) electrons. The summed E-state index contributed by atoms with van der Waals surface area (Å²) in [6, 6.07) is 11.2. The van der Waals surface area contributed by atoms with Crippen LogP contribution in [0.15, 0.2) is 42.5 Å². The monoisotopic (exact) mass is 335 g/mol. The van der Waals surface area contributed by atoms with Crippen molar-refractivity contribution in [1.29, 1.82) is 0 Å². The van der Waals surface area contributed by atoms with E-state index in [-0.39, 0.29) is 29.5 Å². The van der Waals surface area contributed by atoms with Gasteiger partial charge in [0.2, 0.25) is 0 Å². The van der Waals surface area contributed by atoms with E-state index in [1.165, 1.54) is 18.2 Å². The Balaban J connectivity index is 1.94. The highest BCUT2D eigenvalue weighted by molar-refractivity contribution is 6.31. The lowest BCUT2D eigenvalue weighted by atomic mass is 10.2. The molecule has 0 N–H and O–H groups in total. The largest absolute Gasteiger partial charge is 0.490 e. The first-order valence-electron chi connectivity index (χ1n) is 6.78. The molecule has 0 heterocycles. The van der Waals surface area contributed by atoms with E-state index < -0.39 is 10.9 Å². The maximum absolute atomic E-state index is 12.0. The van der Waals surface area contributed by atoms with Crippen LogP contribution < -0.4 is 4.74 Å². The number of nitro groups is 1. The van der Waals surface area contributed by atoms with Crippen LogP contribution in [0.3, 0.4) is 0 Å². The van der Waals surface area contributed by atoms with Crippen molar-refractivity contribution in [3.8, 4) is 5.75 Å². The number of esters is 1. The zero-order valence-corrected chi connectivity index (χ0v) is 13.1. The number of benzene rings is 2. The Morgan fingerprint density at radius 2 is 1.96 bits per heavy atom. The molecule has 0 atom stereocenters. The standard InChI is InChI=1S/C16H14ClNO5/c1-11-4-2-3-5-15(11)22-8-9-23-16(19)13-10-12(17)6-7-14(13)18(20)21/h2-7,10H,8-9H2,1H3. The van der Waals surface area contributed by atoms with Crippen molar-refractivity contribution in [2.24, 2.45) is 0 Å². The van der Waals surface area contributed by atoms with Crippen molar-refractivity contribution in [1.82, 2.24) is 0 Å². The summed E-state index contributed by atoms with van der Waals surface area (Å²) in [4.78, 5) is 22.2. The van der Waals surface area contributed by atoms with Gasteiger partial charge in [0.1, 0.15) is 24.5 Å². The molecule has 0 aliphatic heterocycles. The van der Waals surface area contributed by atoms with E-state index in [0.29, 0.717) is 5.75 Å². The zero-order chi connectivity index (χ0) is 16.8. The number of nitrogens with zero attached hydrogens (tertiary/aromatic N) is 1. The number of carbonyl (C=O) groups is 1. The van der Waals surface area contributed by atoms with E-state index in [1.54, 1.807) is 6.07 Å². The fraction of sp³-hybridized carbons (Fsp3) is 0.188. The van der Waals surface area contributed by atoms with Gasteiger partial charge in [0.15, 0.2) is 0 Å². The summed E-state index contributed by atoms with van der Waals surface area (Å²) in [7, 11) is 0. The van der Waals surface area contributed by atoms with E-state index >= 15 is 0 Å². The molecule has 0 aliphatic carbocycles. The van der Waals surface area contributed by atoms with E-state index in [9.17, 15) is 14.9 Å². The van der Waals surface area contributed by atoms with Crippen molar-refractivity contribution in [3.63, 3.8) is 0 Å². The fourth-order valence-corrected chi connectivity index (χ4v) is 2.09. The second-order valence-electron chi connectivity index (χ2n) is 4.67. The Morgan fingerprint density at radius 3 is 2.65 bits per heavy atom. The number of para-hydroxylation sites is 1. The Hall–Kier alpha value is -2.60. The van der Waals surface area contributed by atoms with Crippen molar-refractivity contribution < 1.29 is 19.2 Å². The van der Waals surface area contributed by atoms with Crippen LogP contribution in [0.1, 0.15) is 15.9 Å². The normalized spacial score (nSPS) is 10.2. The third kappa shape index (κ3) is 4.43. The molecule has 2 aromatic rings. The molecule has 2 rings (SSSR count). The first kappa shape index (κ1) is 16.8. The summed E-state index contributed by atoms with van der Waals surface area (Å²) in [6.45, 7) is 2.01. The molecule has 6 nitrogen and oxygen atoms in total. The second kappa shape index (κ2) is 7.60. The molecule has 0 aliphatic rings. The molecule has 0 fully saturated rings. The Kier molecular flexibility index (Phi) is 5.54. The number of halogens is 1. The Bertz CT molecular complexity index is 732. The van der Waals surface area contributed by atoms with Gasteiger partial charge in [-0.15, -0.1) is 0 Å². The molecule has 7 heteroatoms. The van der Waals surface area contributed by atoms with Crippen molar-refractivity contribution in [2.75, 3.05) is 13.2 Å². The molecule has 0 aromatic heterocycles. The first-order valence-corrected chi connectivity index (χ1v) is 7.16. The molecule has 0 spiro atoms. The van der Waals surface area contributed by atoms with Crippen molar-refractivity contribution >= 4 is 23.3 Å². The maximum atomic E-state index is 12.0. The smallest absolute Gasteiger partial charge is 0.345 e. The summed E-state index contributed by atoms with van der Waals surface area (Å²) in [5.74, 6) is -0.120. The zero-order valence-electron chi connectivity index (χ0n) is 12.3. The van der Waals surface area contributed by atoms with Crippen LogP contribution in [0, 0.1) is 17.0 Å². The summed E-state index contributed by atoms with van der Waals surface area (Å²) >= 11 is 5.77. The Morgan fingerprint density at radius 1 is 1.22 bits per heavy atom. The quantitative estimate of drug-likeness (QED) is 0.347. The third-order valence-corrected chi connectivity index (χ3v) is 3.28. The minimum absolute atomic E-state index is 0.0309. The van der Waals surface area contributed by atoms with Gasteiger partial charge in [-0.05, 0) is 30.7 Å². The Labute approximate surface area is 137 Å². The van der Waals surface area contributed by atoms with Crippen LogP contribution in [-0.4, -0.2) is 24.1 Å². The molecule has 0 amide bonds. The highest BCUT2D eigenvalue weighted by Gasteiger charge is 2.21. The van der Waals surface area contributed by atoms with Gasteiger partial charge < -0.3 is 9.47 Å².